The van der Waals surface area contributed by atoms with Gasteiger partial charge in [0.1, 0.15) is 17.2 Å². The van der Waals surface area contributed by atoms with Crippen LogP contribution in [0.4, 0.5) is 15.9 Å². The number of pyridine rings is 2. The molecule has 0 spiro atoms. The second-order valence-electron chi connectivity index (χ2n) is 8.84. The quantitative estimate of drug-likeness (QED) is 0.751. The van der Waals surface area contributed by atoms with E-state index in [2.05, 4.69) is 10.3 Å². The number of nitrogens with one attached hydrogen (secondary N) is 1. The van der Waals surface area contributed by atoms with Crippen molar-refractivity contribution >= 4 is 23.4 Å². The first-order chi connectivity index (χ1) is 14.7. The SMILES string of the molecule is Cc1cc(Nc2ccc(F)cn2)cc(C2CCN(C(=O)[C@@H]3CC(=O)OC3(C)C)CC2)n1. The molecule has 0 radical (unpaired) electrons. The van der Waals surface area contributed by atoms with Crippen LogP contribution in [0.3, 0.4) is 0 Å². The number of likely N-dealkylation sites (tertiary alicyclic amines) is 1. The van der Waals surface area contributed by atoms with Crippen LogP contribution < -0.4 is 5.32 Å². The van der Waals surface area contributed by atoms with E-state index in [1.807, 2.05) is 24.0 Å². The molecule has 0 bridgehead atoms. The lowest BCUT2D eigenvalue weighted by atomic mass is 9.87. The molecule has 2 aromatic rings. The molecule has 4 heterocycles. The Labute approximate surface area is 181 Å². The van der Waals surface area contributed by atoms with Gasteiger partial charge in [-0.05, 0) is 57.9 Å². The highest BCUT2D eigenvalue weighted by molar-refractivity contribution is 5.87. The summed E-state index contributed by atoms with van der Waals surface area (Å²) in [6.07, 6.45) is 2.93. The number of hydrogen-bond donors (Lipinski definition) is 1. The number of aromatic nitrogens is 2. The minimum atomic E-state index is -0.752. The van der Waals surface area contributed by atoms with E-state index in [0.29, 0.717) is 18.9 Å². The number of carbonyl (C=O) groups is 2. The highest BCUT2D eigenvalue weighted by atomic mass is 19.1. The fourth-order valence-electron chi connectivity index (χ4n) is 4.39. The molecule has 1 amide bonds. The van der Waals surface area contributed by atoms with Crippen molar-refractivity contribution in [1.82, 2.24) is 14.9 Å². The van der Waals surface area contributed by atoms with Crippen molar-refractivity contribution in [3.8, 4) is 0 Å². The predicted octanol–water partition coefficient (Wildman–Crippen LogP) is 3.72. The first-order valence-electron chi connectivity index (χ1n) is 10.6. The number of piperidine rings is 1. The number of amides is 1. The maximum atomic E-state index is 13.1. The van der Waals surface area contributed by atoms with Crippen molar-refractivity contribution in [2.75, 3.05) is 18.4 Å². The van der Waals surface area contributed by atoms with Gasteiger partial charge in [-0.1, -0.05) is 0 Å². The first kappa shape index (κ1) is 21.2. The summed E-state index contributed by atoms with van der Waals surface area (Å²) in [5.41, 5.74) is 1.95. The maximum Gasteiger partial charge on any atom is 0.307 e. The van der Waals surface area contributed by atoms with Crippen LogP contribution in [0.25, 0.3) is 0 Å². The van der Waals surface area contributed by atoms with E-state index in [-0.39, 0.29) is 30.0 Å². The van der Waals surface area contributed by atoms with Crippen molar-refractivity contribution in [2.45, 2.75) is 51.6 Å². The number of rotatable bonds is 4. The number of nitrogens with zero attached hydrogens (tertiary/aromatic N) is 3. The van der Waals surface area contributed by atoms with Gasteiger partial charge >= 0.3 is 5.97 Å². The number of anilines is 2. The van der Waals surface area contributed by atoms with E-state index in [9.17, 15) is 14.0 Å². The highest BCUT2D eigenvalue weighted by Gasteiger charge is 2.47. The Morgan fingerprint density at radius 3 is 2.61 bits per heavy atom. The van der Waals surface area contributed by atoms with Gasteiger partial charge in [0.25, 0.3) is 0 Å². The van der Waals surface area contributed by atoms with Crippen molar-refractivity contribution < 1.29 is 18.7 Å². The third-order valence-corrected chi connectivity index (χ3v) is 6.08. The maximum absolute atomic E-state index is 13.1. The van der Waals surface area contributed by atoms with Crippen LogP contribution in [-0.4, -0.2) is 45.4 Å². The summed E-state index contributed by atoms with van der Waals surface area (Å²) < 4.78 is 18.4. The molecule has 2 aromatic heterocycles. The Bertz CT molecular complexity index is 985. The molecule has 2 fully saturated rings. The summed E-state index contributed by atoms with van der Waals surface area (Å²) in [6, 6.07) is 6.87. The molecule has 2 aliphatic rings. The number of cyclic esters (lactones) is 1. The predicted molar refractivity (Wildman–Crippen MR) is 113 cm³/mol. The van der Waals surface area contributed by atoms with Gasteiger partial charge in [-0.15, -0.1) is 0 Å². The van der Waals surface area contributed by atoms with Crippen LogP contribution >= 0.6 is 0 Å². The molecule has 8 heteroatoms. The van der Waals surface area contributed by atoms with Gasteiger partial charge < -0.3 is 15.0 Å². The van der Waals surface area contributed by atoms with E-state index in [4.69, 9.17) is 9.72 Å². The van der Waals surface area contributed by atoms with E-state index in [1.54, 1.807) is 19.9 Å². The Hall–Kier alpha value is -3.03. The molecule has 1 atom stereocenters. The third-order valence-electron chi connectivity index (χ3n) is 6.08. The number of halogens is 1. The van der Waals surface area contributed by atoms with Gasteiger partial charge in [-0.3, -0.25) is 14.6 Å². The Balaban J connectivity index is 1.41. The number of hydrogen-bond acceptors (Lipinski definition) is 6. The van der Waals surface area contributed by atoms with Crippen LogP contribution in [-0.2, 0) is 14.3 Å². The summed E-state index contributed by atoms with van der Waals surface area (Å²) in [5.74, 6) is -0.313. The van der Waals surface area contributed by atoms with Crippen LogP contribution in [0.5, 0.6) is 0 Å². The molecule has 7 nitrogen and oxygen atoms in total. The van der Waals surface area contributed by atoms with E-state index < -0.39 is 11.5 Å². The van der Waals surface area contributed by atoms with Crippen LogP contribution in [0.2, 0.25) is 0 Å². The monoisotopic (exact) mass is 426 g/mol. The molecule has 0 aliphatic carbocycles. The van der Waals surface area contributed by atoms with Crippen LogP contribution in [0, 0.1) is 18.7 Å². The second-order valence-corrected chi connectivity index (χ2v) is 8.84. The fraction of sp³-hybridized carbons (Fsp3) is 0.478. The van der Waals surface area contributed by atoms with E-state index in [1.165, 1.54) is 12.3 Å². The zero-order valence-corrected chi connectivity index (χ0v) is 18.0. The molecular weight excluding hydrogens is 399 g/mol. The molecule has 164 valence electrons. The molecule has 0 saturated carbocycles. The van der Waals surface area contributed by atoms with Gasteiger partial charge in [0, 0.05) is 36.1 Å². The summed E-state index contributed by atoms with van der Waals surface area (Å²) in [6.45, 7) is 6.79. The number of esters is 1. The largest absolute Gasteiger partial charge is 0.459 e. The number of ether oxygens (including phenoxy) is 1. The smallest absolute Gasteiger partial charge is 0.307 e. The molecule has 2 saturated heterocycles. The minimum absolute atomic E-state index is 0.00348. The Morgan fingerprint density at radius 1 is 1.26 bits per heavy atom. The fourth-order valence-corrected chi connectivity index (χ4v) is 4.39. The molecule has 0 aromatic carbocycles. The summed E-state index contributed by atoms with van der Waals surface area (Å²) in [4.78, 5) is 35.2. The summed E-state index contributed by atoms with van der Waals surface area (Å²) in [7, 11) is 0. The Kier molecular flexibility index (Phi) is 5.64. The van der Waals surface area contributed by atoms with Crippen molar-refractivity contribution in [3.05, 3.63) is 47.7 Å². The normalized spacial score (nSPS) is 21.1. The van der Waals surface area contributed by atoms with Gasteiger partial charge in [0.15, 0.2) is 0 Å². The number of carbonyl (C=O) groups excluding carboxylic acids is 2. The molecule has 1 N–H and O–H groups in total. The summed E-state index contributed by atoms with van der Waals surface area (Å²) >= 11 is 0. The van der Waals surface area contributed by atoms with Gasteiger partial charge in [0.05, 0.1) is 18.5 Å². The standard InChI is InChI=1S/C23H27FN4O3/c1-14-10-17(27-20-5-4-16(24)13-25-20)11-19(26-14)15-6-8-28(9-7-15)22(30)18-12-21(29)31-23(18,2)3/h4-5,10-11,13,15,18H,6-9,12H2,1-3H3,(H,25,26,27)/t18-/m0/s1. The Morgan fingerprint density at radius 2 is 2.00 bits per heavy atom. The topological polar surface area (TPSA) is 84.4 Å². The minimum Gasteiger partial charge on any atom is -0.459 e. The molecular formula is C23H27FN4O3. The first-order valence-corrected chi connectivity index (χ1v) is 10.6. The van der Waals surface area contributed by atoms with Crippen molar-refractivity contribution in [3.63, 3.8) is 0 Å². The highest BCUT2D eigenvalue weighted by Crippen LogP contribution is 2.36. The lowest BCUT2D eigenvalue weighted by molar-refractivity contribution is -0.149. The molecule has 0 unspecified atom stereocenters. The lowest BCUT2D eigenvalue weighted by Gasteiger charge is -2.35. The molecule has 31 heavy (non-hydrogen) atoms. The zero-order valence-electron chi connectivity index (χ0n) is 18.0. The van der Waals surface area contributed by atoms with Crippen molar-refractivity contribution in [2.24, 2.45) is 5.92 Å². The average Bonchev–Trinajstić information content (AvgIpc) is 3.01. The molecule has 2 aliphatic heterocycles. The van der Waals surface area contributed by atoms with Crippen LogP contribution in [0.1, 0.15) is 50.4 Å². The van der Waals surface area contributed by atoms with Gasteiger partial charge in [-0.2, -0.15) is 0 Å². The summed E-state index contributed by atoms with van der Waals surface area (Å²) in [5, 5.41) is 3.20. The van der Waals surface area contributed by atoms with E-state index >= 15 is 0 Å². The van der Waals surface area contributed by atoms with Crippen LogP contribution in [0.15, 0.2) is 30.5 Å². The van der Waals surface area contributed by atoms with Gasteiger partial charge in [-0.25, -0.2) is 9.37 Å². The second kappa shape index (κ2) is 8.24. The number of aryl methyl sites for hydroxylation is 1. The average molecular weight is 426 g/mol. The zero-order chi connectivity index (χ0) is 22.2. The lowest BCUT2D eigenvalue weighted by Crippen LogP contribution is -2.46. The van der Waals surface area contributed by atoms with Crippen molar-refractivity contribution in [1.29, 1.82) is 0 Å². The third kappa shape index (κ3) is 4.68. The molecule has 4 rings (SSSR count). The van der Waals surface area contributed by atoms with Gasteiger partial charge in [0.2, 0.25) is 5.91 Å². The van der Waals surface area contributed by atoms with E-state index in [0.717, 1.165) is 29.9 Å².